The highest BCUT2D eigenvalue weighted by atomic mass is 32.2. The zero-order chi connectivity index (χ0) is 18.1. The van der Waals surface area contributed by atoms with Gasteiger partial charge in [-0.05, 0) is 59.9 Å². The van der Waals surface area contributed by atoms with E-state index in [9.17, 15) is 8.42 Å². The third kappa shape index (κ3) is 2.93. The van der Waals surface area contributed by atoms with Crippen molar-refractivity contribution in [2.75, 3.05) is 6.54 Å². The molecule has 0 spiro atoms. The molecule has 1 aromatic heterocycles. The van der Waals surface area contributed by atoms with E-state index in [1.165, 1.54) is 5.56 Å². The number of nitrogens with zero attached hydrogens (tertiary/aromatic N) is 2. The molecule has 1 unspecified atom stereocenters. The molecule has 1 aliphatic rings. The summed E-state index contributed by atoms with van der Waals surface area (Å²) in [5, 5.41) is 0. The van der Waals surface area contributed by atoms with Crippen LogP contribution < -0.4 is 0 Å². The molecule has 1 atom stereocenters. The largest absolute Gasteiger partial charge is 0.265 e. The first-order valence-corrected chi connectivity index (χ1v) is 10.1. The summed E-state index contributed by atoms with van der Waals surface area (Å²) in [5.74, 6) is 0. The SMILES string of the molecule is Cc1cccc(S(=O)(=O)N2CCc3ccccc3C2c2ccncc2)c1. The van der Waals surface area contributed by atoms with Crippen LogP contribution in [0.5, 0.6) is 0 Å². The molecule has 0 saturated carbocycles. The third-order valence-corrected chi connectivity index (χ3v) is 6.72. The molecular formula is C21H20N2O2S. The van der Waals surface area contributed by atoms with Gasteiger partial charge in [0.15, 0.2) is 0 Å². The van der Waals surface area contributed by atoms with E-state index >= 15 is 0 Å². The van der Waals surface area contributed by atoms with E-state index < -0.39 is 10.0 Å². The Bertz CT molecular complexity index is 1030. The van der Waals surface area contributed by atoms with Gasteiger partial charge in [-0.25, -0.2) is 8.42 Å². The molecule has 2 aromatic carbocycles. The molecule has 132 valence electrons. The number of fused-ring (bicyclic) bond motifs is 1. The van der Waals surface area contributed by atoms with Gasteiger partial charge >= 0.3 is 0 Å². The summed E-state index contributed by atoms with van der Waals surface area (Å²) in [7, 11) is -3.61. The smallest absolute Gasteiger partial charge is 0.243 e. The summed E-state index contributed by atoms with van der Waals surface area (Å²) >= 11 is 0. The van der Waals surface area contributed by atoms with Crippen molar-refractivity contribution in [3.63, 3.8) is 0 Å². The summed E-state index contributed by atoms with van der Waals surface area (Å²) < 4.78 is 28.5. The van der Waals surface area contributed by atoms with Crippen molar-refractivity contribution in [2.45, 2.75) is 24.3 Å². The number of sulfonamides is 1. The molecule has 5 heteroatoms. The van der Waals surface area contributed by atoms with Crippen LogP contribution in [0.15, 0.2) is 78.0 Å². The van der Waals surface area contributed by atoms with E-state index in [2.05, 4.69) is 11.1 Å². The van der Waals surface area contributed by atoms with E-state index in [0.29, 0.717) is 17.9 Å². The van der Waals surface area contributed by atoms with Crippen LogP contribution in [-0.4, -0.2) is 24.3 Å². The van der Waals surface area contributed by atoms with Gasteiger partial charge < -0.3 is 0 Å². The number of benzene rings is 2. The van der Waals surface area contributed by atoms with E-state index in [-0.39, 0.29) is 6.04 Å². The molecular weight excluding hydrogens is 344 g/mol. The highest BCUT2D eigenvalue weighted by Crippen LogP contribution is 2.38. The highest BCUT2D eigenvalue weighted by molar-refractivity contribution is 7.89. The second-order valence-electron chi connectivity index (χ2n) is 6.56. The number of aromatic nitrogens is 1. The molecule has 1 aliphatic heterocycles. The summed E-state index contributed by atoms with van der Waals surface area (Å²) in [6.07, 6.45) is 4.14. The fraction of sp³-hybridized carbons (Fsp3) is 0.190. The Morgan fingerprint density at radius 3 is 2.54 bits per heavy atom. The molecule has 4 nitrogen and oxygen atoms in total. The van der Waals surface area contributed by atoms with E-state index in [1.807, 2.05) is 43.3 Å². The number of rotatable bonds is 3. The molecule has 26 heavy (non-hydrogen) atoms. The van der Waals surface area contributed by atoms with Crippen LogP contribution in [0.3, 0.4) is 0 Å². The minimum atomic E-state index is -3.61. The molecule has 4 rings (SSSR count). The van der Waals surface area contributed by atoms with Crippen LogP contribution in [0.25, 0.3) is 0 Å². The Morgan fingerprint density at radius 2 is 1.77 bits per heavy atom. The predicted molar refractivity (Wildman–Crippen MR) is 101 cm³/mol. The van der Waals surface area contributed by atoms with Crippen LogP contribution in [0.1, 0.15) is 28.3 Å². The Kier molecular flexibility index (Phi) is 4.34. The average Bonchev–Trinajstić information content (AvgIpc) is 2.67. The van der Waals surface area contributed by atoms with Crippen LogP contribution >= 0.6 is 0 Å². The maximum Gasteiger partial charge on any atom is 0.243 e. The molecule has 3 aromatic rings. The fourth-order valence-electron chi connectivity index (χ4n) is 3.61. The van der Waals surface area contributed by atoms with Gasteiger partial charge in [0.2, 0.25) is 10.0 Å². The lowest BCUT2D eigenvalue weighted by Gasteiger charge is -2.36. The van der Waals surface area contributed by atoms with E-state index in [1.54, 1.807) is 34.9 Å². The first-order valence-electron chi connectivity index (χ1n) is 8.63. The van der Waals surface area contributed by atoms with Crippen molar-refractivity contribution in [3.8, 4) is 0 Å². The Balaban J connectivity index is 1.87. The average molecular weight is 364 g/mol. The van der Waals surface area contributed by atoms with Crippen molar-refractivity contribution in [2.24, 2.45) is 0 Å². The zero-order valence-corrected chi connectivity index (χ0v) is 15.4. The van der Waals surface area contributed by atoms with Crippen LogP contribution in [0.4, 0.5) is 0 Å². The predicted octanol–water partition coefficient (Wildman–Crippen LogP) is 3.73. The molecule has 0 N–H and O–H groups in total. The number of pyridine rings is 1. The Hall–Kier alpha value is -2.50. The number of aryl methyl sites for hydroxylation is 1. The van der Waals surface area contributed by atoms with Gasteiger partial charge in [-0.3, -0.25) is 4.98 Å². The zero-order valence-electron chi connectivity index (χ0n) is 14.5. The summed E-state index contributed by atoms with van der Waals surface area (Å²) in [4.78, 5) is 4.43. The van der Waals surface area contributed by atoms with Crippen molar-refractivity contribution in [1.29, 1.82) is 0 Å². The molecule has 0 fully saturated rings. The van der Waals surface area contributed by atoms with Gasteiger partial charge in [-0.2, -0.15) is 4.31 Å². The van der Waals surface area contributed by atoms with Gasteiger partial charge in [-0.1, -0.05) is 36.4 Å². The maximum atomic E-state index is 13.4. The Morgan fingerprint density at radius 1 is 1.00 bits per heavy atom. The number of hydrogen-bond acceptors (Lipinski definition) is 3. The van der Waals surface area contributed by atoms with Gasteiger partial charge in [0.1, 0.15) is 0 Å². The lowest BCUT2D eigenvalue weighted by atomic mass is 9.90. The molecule has 0 saturated heterocycles. The first kappa shape index (κ1) is 16.9. The summed E-state index contributed by atoms with van der Waals surface area (Å²) in [5.41, 5.74) is 4.11. The molecule has 0 amide bonds. The van der Waals surface area contributed by atoms with Crippen molar-refractivity contribution < 1.29 is 8.42 Å². The molecule has 2 heterocycles. The minimum absolute atomic E-state index is 0.339. The lowest BCUT2D eigenvalue weighted by Crippen LogP contribution is -2.40. The van der Waals surface area contributed by atoms with Gasteiger partial charge in [0.25, 0.3) is 0 Å². The maximum absolute atomic E-state index is 13.4. The van der Waals surface area contributed by atoms with E-state index in [4.69, 9.17) is 0 Å². The quantitative estimate of drug-likeness (QED) is 0.712. The standard InChI is InChI=1S/C21H20N2O2S/c1-16-5-4-7-19(15-16)26(24,25)23-14-11-17-6-2-3-8-20(17)21(23)18-9-12-22-13-10-18/h2-10,12-13,15,21H,11,14H2,1H3. The second-order valence-corrected chi connectivity index (χ2v) is 8.45. The highest BCUT2D eigenvalue weighted by Gasteiger charge is 2.37. The van der Waals surface area contributed by atoms with Crippen LogP contribution in [0, 0.1) is 6.92 Å². The van der Waals surface area contributed by atoms with Crippen LogP contribution in [-0.2, 0) is 16.4 Å². The molecule has 0 radical (unpaired) electrons. The topological polar surface area (TPSA) is 50.3 Å². The molecule has 0 bridgehead atoms. The minimum Gasteiger partial charge on any atom is -0.265 e. The monoisotopic (exact) mass is 364 g/mol. The Labute approximate surface area is 154 Å². The first-order chi connectivity index (χ1) is 12.6. The van der Waals surface area contributed by atoms with Gasteiger partial charge in [0.05, 0.1) is 10.9 Å². The lowest BCUT2D eigenvalue weighted by molar-refractivity contribution is 0.344. The van der Waals surface area contributed by atoms with Crippen molar-refractivity contribution in [3.05, 3.63) is 95.3 Å². The van der Waals surface area contributed by atoms with Crippen molar-refractivity contribution in [1.82, 2.24) is 9.29 Å². The normalized spacial score (nSPS) is 17.7. The van der Waals surface area contributed by atoms with Gasteiger partial charge in [-0.15, -0.1) is 0 Å². The van der Waals surface area contributed by atoms with E-state index in [0.717, 1.165) is 16.7 Å². The third-order valence-electron chi connectivity index (χ3n) is 4.86. The van der Waals surface area contributed by atoms with Crippen molar-refractivity contribution >= 4 is 10.0 Å². The summed E-state index contributed by atoms with van der Waals surface area (Å²) in [6.45, 7) is 2.37. The number of hydrogen-bond donors (Lipinski definition) is 0. The van der Waals surface area contributed by atoms with Gasteiger partial charge in [0, 0.05) is 18.9 Å². The van der Waals surface area contributed by atoms with Crippen LogP contribution in [0.2, 0.25) is 0 Å². The summed E-state index contributed by atoms with van der Waals surface area (Å²) in [6, 6.07) is 18.6. The fourth-order valence-corrected chi connectivity index (χ4v) is 5.31. The second kappa shape index (κ2) is 6.67. The molecule has 0 aliphatic carbocycles.